The second-order valence-corrected chi connectivity index (χ2v) is 4.19. The molecule has 0 atom stereocenters. The molecule has 0 bridgehead atoms. The molecule has 0 radical (unpaired) electrons. The second kappa shape index (κ2) is 4.45. The molecule has 1 N–H and O–H groups in total. The van der Waals surface area contributed by atoms with Crippen LogP contribution in [0.25, 0.3) is 11.1 Å². The lowest BCUT2D eigenvalue weighted by Gasteiger charge is -2.02. The molecule has 16 heavy (non-hydrogen) atoms. The molecular formula is C12H8BrNO2. The van der Waals surface area contributed by atoms with E-state index in [1.54, 1.807) is 12.3 Å². The first-order valence-electron chi connectivity index (χ1n) is 4.61. The van der Waals surface area contributed by atoms with E-state index in [1.807, 2.05) is 24.3 Å². The van der Waals surface area contributed by atoms with E-state index in [9.17, 15) is 4.79 Å². The van der Waals surface area contributed by atoms with Gasteiger partial charge in [-0.05, 0) is 23.8 Å². The van der Waals surface area contributed by atoms with Crippen molar-refractivity contribution in [2.24, 2.45) is 0 Å². The fourth-order valence-electron chi connectivity index (χ4n) is 1.36. The molecule has 0 aliphatic heterocycles. The average molecular weight is 278 g/mol. The minimum atomic E-state index is -0.966. The van der Waals surface area contributed by atoms with E-state index in [2.05, 4.69) is 20.9 Å². The largest absolute Gasteiger partial charge is 0.478 e. The molecule has 0 fully saturated rings. The molecule has 80 valence electrons. The van der Waals surface area contributed by atoms with E-state index in [-0.39, 0.29) is 5.56 Å². The molecule has 0 spiro atoms. The van der Waals surface area contributed by atoms with Crippen LogP contribution in [0.5, 0.6) is 0 Å². The summed E-state index contributed by atoms with van der Waals surface area (Å²) in [5, 5.41) is 8.85. The quantitative estimate of drug-likeness (QED) is 0.917. The van der Waals surface area contributed by atoms with Crippen molar-refractivity contribution < 1.29 is 9.90 Å². The van der Waals surface area contributed by atoms with Crippen LogP contribution in [0, 0.1) is 0 Å². The number of benzene rings is 1. The number of hydrogen-bond donors (Lipinski definition) is 1. The highest BCUT2D eigenvalue weighted by Crippen LogP contribution is 2.21. The second-order valence-electron chi connectivity index (χ2n) is 3.27. The van der Waals surface area contributed by atoms with Gasteiger partial charge in [0.05, 0.1) is 5.56 Å². The molecule has 0 unspecified atom stereocenters. The maximum atomic E-state index is 10.8. The molecule has 0 aliphatic rings. The third kappa shape index (κ3) is 2.28. The minimum Gasteiger partial charge on any atom is -0.478 e. The third-order valence-electron chi connectivity index (χ3n) is 2.16. The van der Waals surface area contributed by atoms with Crippen molar-refractivity contribution in [3.63, 3.8) is 0 Å². The Bertz CT molecular complexity index is 523. The number of carboxylic acids is 1. The highest BCUT2D eigenvalue weighted by Gasteiger charge is 2.05. The van der Waals surface area contributed by atoms with Gasteiger partial charge in [0, 0.05) is 22.4 Å². The van der Waals surface area contributed by atoms with Crippen LogP contribution in [-0.2, 0) is 0 Å². The molecule has 0 saturated heterocycles. The van der Waals surface area contributed by atoms with Crippen molar-refractivity contribution in [3.05, 3.63) is 52.8 Å². The zero-order valence-corrected chi connectivity index (χ0v) is 9.81. The average Bonchev–Trinajstić information content (AvgIpc) is 2.30. The van der Waals surface area contributed by atoms with Crippen LogP contribution >= 0.6 is 15.9 Å². The molecule has 1 aromatic carbocycles. The van der Waals surface area contributed by atoms with E-state index < -0.39 is 5.97 Å². The molecule has 2 aromatic rings. The topological polar surface area (TPSA) is 50.2 Å². The number of aromatic carboxylic acids is 1. The summed E-state index contributed by atoms with van der Waals surface area (Å²) in [6, 6.07) is 9.24. The van der Waals surface area contributed by atoms with Crippen LogP contribution in [0.2, 0.25) is 0 Å². The normalized spacial score (nSPS) is 10.1. The van der Waals surface area contributed by atoms with Gasteiger partial charge < -0.3 is 5.11 Å². The van der Waals surface area contributed by atoms with Crippen LogP contribution in [0.4, 0.5) is 0 Å². The number of pyridine rings is 1. The van der Waals surface area contributed by atoms with Gasteiger partial charge in [-0.15, -0.1) is 0 Å². The van der Waals surface area contributed by atoms with Gasteiger partial charge in [-0.1, -0.05) is 28.1 Å². The van der Waals surface area contributed by atoms with Crippen molar-refractivity contribution in [2.75, 3.05) is 0 Å². The van der Waals surface area contributed by atoms with Crippen molar-refractivity contribution in [3.8, 4) is 11.1 Å². The summed E-state index contributed by atoms with van der Waals surface area (Å²) in [6.07, 6.45) is 2.99. The van der Waals surface area contributed by atoms with Crippen molar-refractivity contribution in [1.82, 2.24) is 4.98 Å². The Hall–Kier alpha value is -1.68. The lowest BCUT2D eigenvalue weighted by molar-refractivity contribution is 0.0696. The maximum absolute atomic E-state index is 10.8. The first kappa shape index (κ1) is 10.8. The van der Waals surface area contributed by atoms with Crippen molar-refractivity contribution >= 4 is 21.9 Å². The third-order valence-corrected chi connectivity index (χ3v) is 2.69. The summed E-state index contributed by atoms with van der Waals surface area (Å²) in [7, 11) is 0. The highest BCUT2D eigenvalue weighted by molar-refractivity contribution is 9.10. The van der Waals surface area contributed by atoms with Crippen LogP contribution < -0.4 is 0 Å². The van der Waals surface area contributed by atoms with Crippen molar-refractivity contribution in [2.45, 2.75) is 0 Å². The molecule has 1 aromatic heterocycles. The van der Waals surface area contributed by atoms with Gasteiger partial charge >= 0.3 is 5.97 Å². The maximum Gasteiger partial charge on any atom is 0.337 e. The lowest BCUT2D eigenvalue weighted by Crippen LogP contribution is -1.97. The fraction of sp³-hybridized carbons (Fsp3) is 0. The molecule has 4 heteroatoms. The van der Waals surface area contributed by atoms with E-state index in [0.29, 0.717) is 0 Å². The molecule has 0 saturated carbocycles. The number of nitrogens with zero attached hydrogens (tertiary/aromatic N) is 1. The Balaban J connectivity index is 2.44. The molecule has 3 nitrogen and oxygen atoms in total. The summed E-state index contributed by atoms with van der Waals surface area (Å²) in [5.74, 6) is -0.966. The van der Waals surface area contributed by atoms with Crippen molar-refractivity contribution in [1.29, 1.82) is 0 Å². The number of carbonyl (C=O) groups is 1. The van der Waals surface area contributed by atoms with Gasteiger partial charge in [0.25, 0.3) is 0 Å². The number of hydrogen-bond acceptors (Lipinski definition) is 2. The van der Waals surface area contributed by atoms with E-state index in [4.69, 9.17) is 5.11 Å². The lowest BCUT2D eigenvalue weighted by atomic mass is 10.1. The highest BCUT2D eigenvalue weighted by atomic mass is 79.9. The van der Waals surface area contributed by atoms with E-state index in [1.165, 1.54) is 6.20 Å². The molecule has 2 rings (SSSR count). The standard InChI is InChI=1S/C12H8BrNO2/c13-11-3-1-8(2-4-11)9-5-10(12(15)16)7-14-6-9/h1-7H,(H,15,16). The first-order chi connectivity index (χ1) is 7.66. The molecular weight excluding hydrogens is 270 g/mol. The van der Waals surface area contributed by atoms with Gasteiger partial charge in [-0.25, -0.2) is 4.79 Å². The Morgan fingerprint density at radius 2 is 1.81 bits per heavy atom. The van der Waals surface area contributed by atoms with Crippen LogP contribution in [0.3, 0.4) is 0 Å². The Kier molecular flexibility index (Phi) is 3.01. The number of halogens is 1. The number of rotatable bonds is 2. The van der Waals surface area contributed by atoms with Crippen LogP contribution in [-0.4, -0.2) is 16.1 Å². The summed E-state index contributed by atoms with van der Waals surface area (Å²) in [4.78, 5) is 14.7. The summed E-state index contributed by atoms with van der Waals surface area (Å²) in [5.41, 5.74) is 1.94. The van der Waals surface area contributed by atoms with E-state index >= 15 is 0 Å². The van der Waals surface area contributed by atoms with E-state index in [0.717, 1.165) is 15.6 Å². The minimum absolute atomic E-state index is 0.195. The Morgan fingerprint density at radius 3 is 2.44 bits per heavy atom. The van der Waals surface area contributed by atoms with Crippen LogP contribution in [0.15, 0.2) is 47.2 Å². The van der Waals surface area contributed by atoms with Gasteiger partial charge in [0.15, 0.2) is 0 Å². The van der Waals surface area contributed by atoms with Gasteiger partial charge in [-0.2, -0.15) is 0 Å². The zero-order valence-electron chi connectivity index (χ0n) is 8.22. The van der Waals surface area contributed by atoms with Crippen LogP contribution in [0.1, 0.15) is 10.4 Å². The summed E-state index contributed by atoms with van der Waals surface area (Å²) < 4.78 is 0.985. The first-order valence-corrected chi connectivity index (χ1v) is 5.40. The summed E-state index contributed by atoms with van der Waals surface area (Å²) >= 11 is 3.35. The monoisotopic (exact) mass is 277 g/mol. The number of aromatic nitrogens is 1. The Labute approximate surface area is 101 Å². The molecule has 1 heterocycles. The molecule has 0 aliphatic carbocycles. The smallest absolute Gasteiger partial charge is 0.337 e. The van der Waals surface area contributed by atoms with Gasteiger partial charge in [-0.3, -0.25) is 4.98 Å². The fourth-order valence-corrected chi connectivity index (χ4v) is 1.62. The Morgan fingerprint density at radius 1 is 1.12 bits per heavy atom. The predicted octanol–water partition coefficient (Wildman–Crippen LogP) is 3.21. The van der Waals surface area contributed by atoms with Gasteiger partial charge in [0.1, 0.15) is 0 Å². The van der Waals surface area contributed by atoms with Gasteiger partial charge in [0.2, 0.25) is 0 Å². The predicted molar refractivity (Wildman–Crippen MR) is 64.3 cm³/mol. The molecule has 0 amide bonds. The zero-order chi connectivity index (χ0) is 11.5. The number of carboxylic acid groups (broad SMARTS) is 1. The SMILES string of the molecule is O=C(O)c1cncc(-c2ccc(Br)cc2)c1. The summed E-state index contributed by atoms with van der Waals surface area (Å²) in [6.45, 7) is 0.